The van der Waals surface area contributed by atoms with E-state index in [1.54, 1.807) is 0 Å². The molecule has 3 aromatic carbocycles. The van der Waals surface area contributed by atoms with Crippen LogP contribution in [0.25, 0.3) is 0 Å². The monoisotopic (exact) mass is 332 g/mol. The van der Waals surface area contributed by atoms with E-state index in [1.807, 2.05) is 0 Å². The van der Waals surface area contributed by atoms with E-state index in [4.69, 9.17) is 0 Å². The molecule has 1 unspecified atom stereocenters. The van der Waals surface area contributed by atoms with E-state index >= 15 is 0 Å². The molecule has 0 spiro atoms. The van der Waals surface area contributed by atoms with Crippen molar-refractivity contribution in [2.45, 2.75) is 24.7 Å². The maximum atomic E-state index is 2.86. The first-order valence-corrected chi connectivity index (χ1v) is 9.56. The molecule has 1 atom stereocenters. The third-order valence-corrected chi connectivity index (χ3v) is 5.21. The highest BCUT2D eigenvalue weighted by Crippen LogP contribution is 2.43. The summed E-state index contributed by atoms with van der Waals surface area (Å²) < 4.78 is 0. The summed E-state index contributed by atoms with van der Waals surface area (Å²) in [6.07, 6.45) is 4.73. The van der Waals surface area contributed by atoms with Crippen molar-refractivity contribution in [1.82, 2.24) is 0 Å². The quantitative estimate of drug-likeness (QED) is 0.280. The Hall–Kier alpha value is -1.91. The molecule has 0 aliphatic rings. The molecular weight excluding hydrogens is 307 g/mol. The molecule has 24 heavy (non-hydrogen) atoms. The molecule has 3 rings (SSSR count). The second-order valence-electron chi connectivity index (χ2n) is 6.25. The van der Waals surface area contributed by atoms with Crippen molar-refractivity contribution in [2.24, 2.45) is 0 Å². The van der Waals surface area contributed by atoms with Crippen molar-refractivity contribution in [3.63, 3.8) is 0 Å². The molecular formula is C23H25P. The number of benzene rings is 3. The first-order chi connectivity index (χ1) is 11.9. The minimum Gasteiger partial charge on any atom is -0.138 e. The van der Waals surface area contributed by atoms with Gasteiger partial charge in [-0.2, -0.15) is 0 Å². The van der Waals surface area contributed by atoms with Gasteiger partial charge in [0.2, 0.25) is 0 Å². The van der Waals surface area contributed by atoms with E-state index in [0.29, 0.717) is 0 Å². The van der Waals surface area contributed by atoms with E-state index in [2.05, 4.69) is 100 Å². The summed E-state index contributed by atoms with van der Waals surface area (Å²) in [5.41, 5.74) is 4.06. The fourth-order valence-corrected chi connectivity index (χ4v) is 3.92. The van der Waals surface area contributed by atoms with Crippen LogP contribution in [-0.2, 0) is 5.41 Å². The summed E-state index contributed by atoms with van der Waals surface area (Å²) in [5.74, 6) is 0. The molecule has 3 aromatic rings. The van der Waals surface area contributed by atoms with Crippen LogP contribution in [0.3, 0.4) is 0 Å². The molecule has 0 bridgehead atoms. The lowest BCUT2D eigenvalue weighted by molar-refractivity contribution is 0.529. The fourth-order valence-electron chi connectivity index (χ4n) is 3.64. The maximum Gasteiger partial charge on any atom is 0.0451 e. The van der Waals surface area contributed by atoms with Crippen molar-refractivity contribution in [2.75, 3.05) is 6.16 Å². The lowest BCUT2D eigenvalue weighted by Crippen LogP contribution is -2.29. The predicted molar refractivity (Wildman–Crippen MR) is 108 cm³/mol. The van der Waals surface area contributed by atoms with Gasteiger partial charge >= 0.3 is 0 Å². The van der Waals surface area contributed by atoms with Crippen LogP contribution in [0.2, 0.25) is 0 Å². The van der Waals surface area contributed by atoms with Gasteiger partial charge in [0.1, 0.15) is 0 Å². The lowest BCUT2D eigenvalue weighted by atomic mass is 9.66. The Morgan fingerprint density at radius 2 is 0.917 bits per heavy atom. The summed E-state index contributed by atoms with van der Waals surface area (Å²) in [5, 5.41) is 0. The third-order valence-electron chi connectivity index (χ3n) is 4.81. The van der Waals surface area contributed by atoms with Gasteiger partial charge in [0.05, 0.1) is 0 Å². The Morgan fingerprint density at radius 3 is 1.25 bits per heavy atom. The van der Waals surface area contributed by atoms with Crippen LogP contribution in [0.4, 0.5) is 0 Å². The topological polar surface area (TPSA) is 0 Å². The van der Waals surface area contributed by atoms with Gasteiger partial charge in [0, 0.05) is 5.41 Å². The van der Waals surface area contributed by atoms with Crippen molar-refractivity contribution < 1.29 is 0 Å². The Kier molecular flexibility index (Phi) is 5.83. The zero-order valence-electron chi connectivity index (χ0n) is 14.1. The molecule has 0 saturated heterocycles. The van der Waals surface area contributed by atoms with Crippen molar-refractivity contribution in [1.29, 1.82) is 0 Å². The highest BCUT2D eigenvalue weighted by Gasteiger charge is 2.35. The largest absolute Gasteiger partial charge is 0.138 e. The standard InChI is InChI=1S/C23H25P/c24-19-11-10-18-23(20-12-4-1-5-13-20,21-14-6-2-7-15-21)22-16-8-3-9-17-22/h1-9,12-17H,10-11,18-19,24H2. The van der Waals surface area contributed by atoms with Gasteiger partial charge < -0.3 is 0 Å². The number of rotatable bonds is 7. The summed E-state index contributed by atoms with van der Waals surface area (Å²) in [4.78, 5) is 0. The zero-order valence-corrected chi connectivity index (χ0v) is 15.2. The van der Waals surface area contributed by atoms with Crippen molar-refractivity contribution in [3.8, 4) is 0 Å². The third kappa shape index (κ3) is 3.45. The molecule has 0 amide bonds. The average molecular weight is 332 g/mol. The smallest absolute Gasteiger partial charge is 0.0451 e. The van der Waals surface area contributed by atoms with E-state index in [-0.39, 0.29) is 5.41 Å². The van der Waals surface area contributed by atoms with Crippen LogP contribution in [0.15, 0.2) is 91.0 Å². The zero-order chi connectivity index (χ0) is 16.7. The molecule has 0 nitrogen and oxygen atoms in total. The Bertz CT molecular complexity index is 623. The van der Waals surface area contributed by atoms with Gasteiger partial charge in [-0.3, -0.25) is 0 Å². The van der Waals surface area contributed by atoms with Gasteiger partial charge in [-0.25, -0.2) is 0 Å². The van der Waals surface area contributed by atoms with Crippen molar-refractivity contribution in [3.05, 3.63) is 108 Å². The average Bonchev–Trinajstić information content (AvgIpc) is 2.68. The van der Waals surface area contributed by atoms with E-state index in [9.17, 15) is 0 Å². The van der Waals surface area contributed by atoms with Crippen LogP contribution in [0.1, 0.15) is 36.0 Å². The predicted octanol–water partition coefficient (Wildman–Crippen LogP) is 6.07. The van der Waals surface area contributed by atoms with E-state index in [0.717, 1.165) is 12.6 Å². The number of unbranched alkanes of at least 4 members (excludes halogenated alkanes) is 1. The van der Waals surface area contributed by atoms with Gasteiger partial charge in [-0.15, -0.1) is 9.24 Å². The van der Waals surface area contributed by atoms with Crippen LogP contribution in [0.5, 0.6) is 0 Å². The highest BCUT2D eigenvalue weighted by molar-refractivity contribution is 7.16. The fraction of sp³-hybridized carbons (Fsp3) is 0.217. The molecule has 122 valence electrons. The minimum atomic E-state index is -0.0797. The molecule has 0 saturated carbocycles. The summed E-state index contributed by atoms with van der Waals surface area (Å²) in [6.45, 7) is 0. The SMILES string of the molecule is PCCCCC(c1ccccc1)(c1ccccc1)c1ccccc1. The van der Waals surface area contributed by atoms with Gasteiger partial charge in [0.15, 0.2) is 0 Å². The van der Waals surface area contributed by atoms with Crippen LogP contribution < -0.4 is 0 Å². The van der Waals surface area contributed by atoms with Gasteiger partial charge in [-0.05, 0) is 35.7 Å². The normalized spacial score (nSPS) is 11.4. The number of hydrogen-bond acceptors (Lipinski definition) is 0. The highest BCUT2D eigenvalue weighted by atomic mass is 31.0. The maximum absolute atomic E-state index is 2.86. The first kappa shape index (κ1) is 16.9. The second-order valence-corrected chi connectivity index (χ2v) is 6.83. The minimum absolute atomic E-state index is 0.0797. The summed E-state index contributed by atoms with van der Waals surface area (Å²) in [7, 11) is 2.86. The second kappa shape index (κ2) is 8.27. The van der Waals surface area contributed by atoms with Crippen molar-refractivity contribution >= 4 is 9.24 Å². The molecule has 1 heteroatoms. The first-order valence-electron chi connectivity index (χ1n) is 8.74. The molecule has 0 aromatic heterocycles. The van der Waals surface area contributed by atoms with Crippen LogP contribution in [-0.4, -0.2) is 6.16 Å². The molecule has 0 radical (unpaired) electrons. The number of hydrogen-bond donors (Lipinski definition) is 0. The molecule has 0 fully saturated rings. The van der Waals surface area contributed by atoms with Crippen LogP contribution >= 0.6 is 9.24 Å². The van der Waals surface area contributed by atoms with Gasteiger partial charge in [-0.1, -0.05) is 97.4 Å². The van der Waals surface area contributed by atoms with E-state index < -0.39 is 0 Å². The Balaban J connectivity index is 2.20. The summed E-state index contributed by atoms with van der Waals surface area (Å²) >= 11 is 0. The molecule has 0 aliphatic heterocycles. The Morgan fingerprint density at radius 1 is 0.542 bits per heavy atom. The Labute approximate surface area is 148 Å². The van der Waals surface area contributed by atoms with Gasteiger partial charge in [0.25, 0.3) is 0 Å². The molecule has 0 aliphatic carbocycles. The molecule has 0 N–H and O–H groups in total. The van der Waals surface area contributed by atoms with Crippen LogP contribution in [0, 0.1) is 0 Å². The van der Waals surface area contributed by atoms with E-state index in [1.165, 1.54) is 29.5 Å². The summed E-state index contributed by atoms with van der Waals surface area (Å²) in [6, 6.07) is 32.9. The lowest BCUT2D eigenvalue weighted by Gasteiger charge is -2.36. The molecule has 0 heterocycles.